The first kappa shape index (κ1) is 14.4. The van der Waals surface area contributed by atoms with Crippen molar-refractivity contribution in [3.63, 3.8) is 0 Å². The Kier molecular flexibility index (Phi) is 5.87. The van der Waals surface area contributed by atoms with E-state index in [4.69, 9.17) is 22.3 Å². The van der Waals surface area contributed by atoms with Crippen molar-refractivity contribution < 1.29 is 0 Å². The summed E-state index contributed by atoms with van der Waals surface area (Å²) in [7, 11) is 0. The Morgan fingerprint density at radius 3 is 1.76 bits per heavy atom. The highest BCUT2D eigenvalue weighted by Crippen LogP contribution is 2.22. The molecule has 0 atom stereocenters. The third-order valence-electron chi connectivity index (χ3n) is 1.81. The van der Waals surface area contributed by atoms with Gasteiger partial charge in [-0.05, 0) is 23.3 Å². The first-order valence-electron chi connectivity index (χ1n) is 4.69. The van der Waals surface area contributed by atoms with Crippen LogP contribution in [0.4, 0.5) is 0 Å². The van der Waals surface area contributed by atoms with Gasteiger partial charge >= 0.3 is 0 Å². The second-order valence-corrected chi connectivity index (χ2v) is 6.22. The normalized spacial score (nSPS) is 10.2. The fourth-order valence-electron chi connectivity index (χ4n) is 1.21. The average molecular weight is 333 g/mol. The molecule has 0 bridgehead atoms. The number of hydrogen-bond donors (Lipinski definition) is 4. The fraction of sp³-hybridized carbons (Fsp3) is 0.200. The molecule has 1 aromatic rings. The highest BCUT2D eigenvalue weighted by atomic mass is 79.9. The summed E-state index contributed by atoms with van der Waals surface area (Å²) < 4.78 is 0.985. The number of hydrogen-bond acceptors (Lipinski definition) is 4. The Balaban J connectivity index is 2.71. The molecule has 17 heavy (non-hydrogen) atoms. The zero-order valence-corrected chi connectivity index (χ0v) is 12.2. The van der Waals surface area contributed by atoms with Gasteiger partial charge in [-0.25, -0.2) is 0 Å². The highest BCUT2D eigenvalue weighted by molar-refractivity contribution is 9.10. The second-order valence-electron chi connectivity index (χ2n) is 3.27. The summed E-state index contributed by atoms with van der Waals surface area (Å²) in [6, 6.07) is 6.03. The molecular formula is C10H13BrN4S2. The lowest BCUT2D eigenvalue weighted by Gasteiger charge is -2.06. The van der Waals surface area contributed by atoms with Gasteiger partial charge in [0.05, 0.1) is 0 Å². The van der Waals surface area contributed by atoms with Gasteiger partial charge in [0.15, 0.2) is 10.3 Å². The van der Waals surface area contributed by atoms with E-state index in [9.17, 15) is 0 Å². The Labute approximate surface area is 117 Å². The third kappa shape index (κ3) is 5.99. The van der Waals surface area contributed by atoms with E-state index in [0.29, 0.717) is 11.5 Å². The van der Waals surface area contributed by atoms with E-state index in [0.717, 1.165) is 15.6 Å². The van der Waals surface area contributed by atoms with Gasteiger partial charge in [-0.2, -0.15) is 0 Å². The van der Waals surface area contributed by atoms with Gasteiger partial charge in [0.1, 0.15) is 0 Å². The summed E-state index contributed by atoms with van der Waals surface area (Å²) in [4.78, 5) is 0. The van der Waals surface area contributed by atoms with Crippen LogP contribution in [-0.2, 0) is 11.5 Å². The van der Waals surface area contributed by atoms with Crippen LogP contribution in [0.2, 0.25) is 0 Å². The van der Waals surface area contributed by atoms with Crippen LogP contribution in [0.15, 0.2) is 22.7 Å². The quantitative estimate of drug-likeness (QED) is 0.503. The molecule has 0 amide bonds. The molecule has 0 fully saturated rings. The Bertz CT molecular complexity index is 400. The maximum atomic E-state index is 7.17. The van der Waals surface area contributed by atoms with Crippen LogP contribution in [-0.4, -0.2) is 10.3 Å². The zero-order valence-electron chi connectivity index (χ0n) is 9.00. The Morgan fingerprint density at radius 2 is 1.41 bits per heavy atom. The summed E-state index contributed by atoms with van der Waals surface area (Å²) in [6.45, 7) is 0. The van der Waals surface area contributed by atoms with Gasteiger partial charge in [-0.15, -0.1) is 0 Å². The predicted molar refractivity (Wildman–Crippen MR) is 80.6 cm³/mol. The Hall–Kier alpha value is -0.660. The molecular weight excluding hydrogens is 320 g/mol. The van der Waals surface area contributed by atoms with E-state index in [1.165, 1.54) is 23.5 Å². The largest absolute Gasteiger partial charge is 0.379 e. The minimum absolute atomic E-state index is 0.115. The molecule has 92 valence electrons. The van der Waals surface area contributed by atoms with Crippen molar-refractivity contribution in [2.45, 2.75) is 11.5 Å². The molecule has 1 aromatic carbocycles. The summed E-state index contributed by atoms with van der Waals surface area (Å²) in [5.41, 5.74) is 12.8. The van der Waals surface area contributed by atoms with Crippen molar-refractivity contribution in [2.24, 2.45) is 11.5 Å². The van der Waals surface area contributed by atoms with E-state index in [2.05, 4.69) is 15.9 Å². The molecule has 4 nitrogen and oxygen atoms in total. The van der Waals surface area contributed by atoms with Crippen LogP contribution in [0.3, 0.4) is 0 Å². The molecule has 0 aromatic heterocycles. The maximum absolute atomic E-state index is 7.17. The van der Waals surface area contributed by atoms with Crippen LogP contribution in [0.5, 0.6) is 0 Å². The monoisotopic (exact) mass is 332 g/mol. The summed E-state index contributed by atoms with van der Waals surface area (Å²) >= 11 is 6.02. The number of rotatable bonds is 4. The van der Waals surface area contributed by atoms with Crippen LogP contribution < -0.4 is 11.5 Å². The van der Waals surface area contributed by atoms with Crippen LogP contribution >= 0.6 is 39.5 Å². The molecule has 0 spiro atoms. The van der Waals surface area contributed by atoms with Gasteiger partial charge in [0, 0.05) is 16.0 Å². The number of benzene rings is 1. The van der Waals surface area contributed by atoms with Crippen LogP contribution in [0, 0.1) is 10.8 Å². The first-order valence-corrected chi connectivity index (χ1v) is 7.46. The highest BCUT2D eigenvalue weighted by Gasteiger charge is 2.02. The Morgan fingerprint density at radius 1 is 1.00 bits per heavy atom. The van der Waals surface area contributed by atoms with E-state index in [-0.39, 0.29) is 10.3 Å². The summed E-state index contributed by atoms with van der Waals surface area (Å²) in [5.74, 6) is 1.35. The SMILES string of the molecule is N=C(N)SCc1cc(Br)cc(CSC(=N)N)c1. The molecule has 0 saturated heterocycles. The lowest BCUT2D eigenvalue weighted by Crippen LogP contribution is -2.04. The molecule has 0 aliphatic heterocycles. The van der Waals surface area contributed by atoms with Gasteiger partial charge in [-0.1, -0.05) is 45.5 Å². The lowest BCUT2D eigenvalue weighted by molar-refractivity contribution is 1.32. The lowest BCUT2D eigenvalue weighted by atomic mass is 10.2. The molecule has 6 N–H and O–H groups in total. The molecule has 0 heterocycles. The average Bonchev–Trinajstić information content (AvgIpc) is 2.23. The smallest absolute Gasteiger partial charge is 0.151 e. The van der Waals surface area contributed by atoms with E-state index in [1.54, 1.807) is 0 Å². The first-order chi connectivity index (χ1) is 7.97. The van der Waals surface area contributed by atoms with E-state index in [1.807, 2.05) is 18.2 Å². The van der Waals surface area contributed by atoms with E-state index < -0.39 is 0 Å². The van der Waals surface area contributed by atoms with Crippen LogP contribution in [0.25, 0.3) is 0 Å². The molecule has 0 aliphatic carbocycles. The fourth-order valence-corrected chi connectivity index (χ4v) is 2.77. The van der Waals surface area contributed by atoms with Gasteiger partial charge < -0.3 is 11.5 Å². The standard InChI is InChI=1S/C10H13BrN4S2/c11-8-2-6(4-16-9(12)13)1-7(3-8)5-17-10(14)15/h1-3H,4-5H2,(H3,12,13)(H3,14,15). The van der Waals surface area contributed by atoms with Gasteiger partial charge in [0.25, 0.3) is 0 Å². The minimum Gasteiger partial charge on any atom is -0.379 e. The summed E-state index contributed by atoms with van der Waals surface area (Å²) in [6.07, 6.45) is 0. The van der Waals surface area contributed by atoms with Crippen molar-refractivity contribution in [1.82, 2.24) is 0 Å². The predicted octanol–water partition coefficient (Wildman–Crippen LogP) is 2.70. The number of nitrogens with two attached hydrogens (primary N) is 2. The number of amidine groups is 2. The number of halogens is 1. The molecule has 1 rings (SSSR count). The minimum atomic E-state index is 0.115. The molecule has 0 unspecified atom stereocenters. The number of thioether (sulfide) groups is 2. The molecule has 0 aliphatic rings. The van der Waals surface area contributed by atoms with Gasteiger partial charge in [0.2, 0.25) is 0 Å². The van der Waals surface area contributed by atoms with Crippen molar-refractivity contribution in [3.05, 3.63) is 33.8 Å². The molecule has 0 saturated carbocycles. The molecule has 7 heteroatoms. The van der Waals surface area contributed by atoms with Crippen molar-refractivity contribution in [2.75, 3.05) is 0 Å². The number of nitrogens with one attached hydrogen (secondary N) is 2. The summed E-state index contributed by atoms with van der Waals surface area (Å²) in [5, 5.41) is 14.6. The molecule has 0 radical (unpaired) electrons. The topological polar surface area (TPSA) is 99.7 Å². The zero-order chi connectivity index (χ0) is 12.8. The van der Waals surface area contributed by atoms with Crippen molar-refractivity contribution >= 4 is 49.8 Å². The third-order valence-corrected chi connectivity index (χ3v) is 3.84. The second kappa shape index (κ2) is 6.93. The van der Waals surface area contributed by atoms with E-state index >= 15 is 0 Å². The van der Waals surface area contributed by atoms with Crippen molar-refractivity contribution in [1.29, 1.82) is 10.8 Å². The van der Waals surface area contributed by atoms with Gasteiger partial charge in [-0.3, -0.25) is 10.8 Å². The maximum Gasteiger partial charge on any atom is 0.151 e. The van der Waals surface area contributed by atoms with Crippen LogP contribution in [0.1, 0.15) is 11.1 Å². The van der Waals surface area contributed by atoms with Crippen molar-refractivity contribution in [3.8, 4) is 0 Å².